The molecule has 12 nitrogen and oxygen atoms in total. The molecule has 0 spiro atoms. The fraction of sp³-hybridized carbons (Fsp3) is 0.280. The molecule has 0 saturated carbocycles. The minimum atomic E-state index is -1.48. The van der Waals surface area contributed by atoms with E-state index < -0.39 is 29.7 Å². The Morgan fingerprint density at radius 2 is 1.82 bits per heavy atom. The molecule has 13 heteroatoms. The molecule has 0 fully saturated rings. The number of carboxylic acids is 1. The standard InChI is InChI=1S/C25H26FN3O9/c1-4-34-16-10-17(20(26)18(11-16)35-5-2)21(23(30)31)28-15-8-6-14(7-9-15)22(27)29-24(32)36-12-19-13(3)37-25(33)38-19/h6-11,21,28H,4-5,12H2,1-3H3,(H,30,31)(H2,27,29,32). The van der Waals surface area contributed by atoms with Crippen LogP contribution in [0.15, 0.2) is 55.0 Å². The maximum absolute atomic E-state index is 15.1. The number of nitrogens with two attached hydrogens (primary N) is 1. The van der Waals surface area contributed by atoms with Crippen molar-refractivity contribution in [1.29, 1.82) is 0 Å². The van der Waals surface area contributed by atoms with Gasteiger partial charge >= 0.3 is 17.9 Å². The average molecular weight is 531 g/mol. The summed E-state index contributed by atoms with van der Waals surface area (Å²) in [4.78, 5) is 38.7. The van der Waals surface area contributed by atoms with Gasteiger partial charge in [0, 0.05) is 22.9 Å². The molecule has 3 aromatic rings. The highest BCUT2D eigenvalue weighted by molar-refractivity contribution is 6.02. The maximum atomic E-state index is 15.1. The second-order valence-corrected chi connectivity index (χ2v) is 7.67. The lowest BCUT2D eigenvalue weighted by atomic mass is 10.0. The van der Waals surface area contributed by atoms with Crippen LogP contribution in [0, 0.1) is 12.7 Å². The predicted molar refractivity (Wildman–Crippen MR) is 132 cm³/mol. The van der Waals surface area contributed by atoms with E-state index in [9.17, 15) is 19.5 Å². The van der Waals surface area contributed by atoms with Crippen molar-refractivity contribution in [3.05, 3.63) is 75.5 Å². The molecule has 0 aliphatic rings. The van der Waals surface area contributed by atoms with Gasteiger partial charge in [0.1, 0.15) is 11.6 Å². The van der Waals surface area contributed by atoms with Crippen LogP contribution >= 0.6 is 0 Å². The molecule has 2 aromatic carbocycles. The van der Waals surface area contributed by atoms with Gasteiger partial charge in [-0.25, -0.2) is 18.8 Å². The maximum Gasteiger partial charge on any atom is 0.519 e. The predicted octanol–water partition coefficient (Wildman–Crippen LogP) is 3.76. The first-order valence-electron chi connectivity index (χ1n) is 11.4. The van der Waals surface area contributed by atoms with Crippen LogP contribution < -0.4 is 26.3 Å². The Hall–Kier alpha value is -4.81. The number of aryl methyl sites for hydroxylation is 1. The van der Waals surface area contributed by atoms with Crippen molar-refractivity contribution in [2.45, 2.75) is 33.4 Å². The fourth-order valence-corrected chi connectivity index (χ4v) is 3.32. The molecule has 0 aliphatic heterocycles. The number of aliphatic imine (C=N–C) groups is 1. The van der Waals surface area contributed by atoms with E-state index in [1.54, 1.807) is 13.8 Å². The molecular formula is C25H26FN3O9. The normalized spacial score (nSPS) is 12.1. The highest BCUT2D eigenvalue weighted by Gasteiger charge is 2.27. The molecule has 202 valence electrons. The summed E-state index contributed by atoms with van der Waals surface area (Å²) in [5, 5.41) is 12.6. The van der Waals surface area contributed by atoms with Crippen LogP contribution in [0.25, 0.3) is 0 Å². The van der Waals surface area contributed by atoms with Crippen LogP contribution in [0.4, 0.5) is 14.9 Å². The number of benzene rings is 2. The van der Waals surface area contributed by atoms with Crippen molar-refractivity contribution in [2.24, 2.45) is 10.7 Å². The molecule has 1 unspecified atom stereocenters. The first-order valence-corrected chi connectivity index (χ1v) is 11.4. The number of rotatable bonds is 11. The summed E-state index contributed by atoms with van der Waals surface area (Å²) in [6.07, 6.45) is -1.03. The third kappa shape index (κ3) is 6.90. The molecule has 1 aromatic heterocycles. The number of hydrogen-bond acceptors (Lipinski definition) is 9. The number of nitrogens with zero attached hydrogens (tertiary/aromatic N) is 1. The Morgan fingerprint density at radius 1 is 1.13 bits per heavy atom. The van der Waals surface area contributed by atoms with Crippen LogP contribution in [-0.4, -0.2) is 36.2 Å². The molecule has 0 saturated heterocycles. The number of carboxylic acid groups (broad SMARTS) is 1. The van der Waals surface area contributed by atoms with E-state index in [2.05, 4.69) is 14.7 Å². The summed E-state index contributed by atoms with van der Waals surface area (Å²) in [5.41, 5.74) is 6.34. The number of halogens is 1. The van der Waals surface area contributed by atoms with Gasteiger partial charge in [0.05, 0.1) is 13.2 Å². The summed E-state index contributed by atoms with van der Waals surface area (Å²) in [6, 6.07) is 7.10. The van der Waals surface area contributed by atoms with E-state index in [1.165, 1.54) is 43.3 Å². The highest BCUT2D eigenvalue weighted by atomic mass is 19.1. The van der Waals surface area contributed by atoms with Gasteiger partial charge in [-0.1, -0.05) is 0 Å². The number of amides is 1. The van der Waals surface area contributed by atoms with E-state index in [0.29, 0.717) is 17.9 Å². The van der Waals surface area contributed by atoms with Crippen molar-refractivity contribution < 1.29 is 42.1 Å². The zero-order chi connectivity index (χ0) is 27.8. The molecule has 3 rings (SSSR count). The van der Waals surface area contributed by atoms with Crippen LogP contribution in [0.3, 0.4) is 0 Å². The topological polar surface area (TPSA) is 176 Å². The van der Waals surface area contributed by atoms with E-state index in [1.807, 2.05) is 0 Å². The van der Waals surface area contributed by atoms with Gasteiger partial charge in [0.15, 0.2) is 35.7 Å². The summed E-state index contributed by atoms with van der Waals surface area (Å²) >= 11 is 0. The monoisotopic (exact) mass is 531 g/mol. The molecule has 4 N–H and O–H groups in total. The number of hydrogen-bond donors (Lipinski definition) is 3. The fourth-order valence-electron chi connectivity index (χ4n) is 3.32. The molecule has 0 bridgehead atoms. The summed E-state index contributed by atoms with van der Waals surface area (Å²) in [6.45, 7) is 4.98. The van der Waals surface area contributed by atoms with E-state index in [0.717, 1.165) is 0 Å². The number of amidine groups is 1. The van der Waals surface area contributed by atoms with Crippen molar-refractivity contribution >= 4 is 23.6 Å². The Bertz CT molecular complexity index is 1380. The number of anilines is 1. The first-order chi connectivity index (χ1) is 18.1. The third-order valence-electron chi connectivity index (χ3n) is 5.08. The lowest BCUT2D eigenvalue weighted by Gasteiger charge is -2.20. The molecule has 0 aliphatic carbocycles. The SMILES string of the molecule is CCOc1cc(OCC)c(F)c(C(Nc2ccc(/C(N)=N/C(=O)OCc3oc(=O)oc3C)cc2)C(=O)O)c1. The second kappa shape index (κ2) is 12.4. The number of nitrogens with one attached hydrogen (secondary N) is 1. The lowest BCUT2D eigenvalue weighted by Crippen LogP contribution is -2.22. The lowest BCUT2D eigenvalue weighted by molar-refractivity contribution is -0.138. The second-order valence-electron chi connectivity index (χ2n) is 7.67. The van der Waals surface area contributed by atoms with Gasteiger partial charge in [-0.2, -0.15) is 4.99 Å². The van der Waals surface area contributed by atoms with Gasteiger partial charge in [0.25, 0.3) is 0 Å². The van der Waals surface area contributed by atoms with Crippen molar-refractivity contribution in [2.75, 3.05) is 18.5 Å². The summed E-state index contributed by atoms with van der Waals surface area (Å²) < 4.78 is 40.1. The number of ether oxygens (including phenoxy) is 3. The van der Waals surface area contributed by atoms with Gasteiger partial charge in [0.2, 0.25) is 0 Å². The van der Waals surface area contributed by atoms with Crippen molar-refractivity contribution in [3.8, 4) is 11.5 Å². The van der Waals surface area contributed by atoms with E-state index in [4.69, 9.17) is 24.4 Å². The van der Waals surface area contributed by atoms with Crippen LogP contribution in [0.5, 0.6) is 11.5 Å². The van der Waals surface area contributed by atoms with E-state index in [-0.39, 0.29) is 47.6 Å². The Morgan fingerprint density at radius 3 is 2.39 bits per heavy atom. The van der Waals surface area contributed by atoms with Crippen molar-refractivity contribution in [3.63, 3.8) is 0 Å². The van der Waals surface area contributed by atoms with Crippen LogP contribution in [0.1, 0.15) is 42.5 Å². The summed E-state index contributed by atoms with van der Waals surface area (Å²) in [7, 11) is 0. The zero-order valence-corrected chi connectivity index (χ0v) is 20.8. The molecular weight excluding hydrogens is 505 g/mol. The smallest absolute Gasteiger partial charge is 0.494 e. The minimum Gasteiger partial charge on any atom is -0.494 e. The van der Waals surface area contributed by atoms with E-state index >= 15 is 4.39 Å². The van der Waals surface area contributed by atoms with Gasteiger partial charge in [-0.05, 0) is 51.1 Å². The van der Waals surface area contributed by atoms with Gasteiger partial charge in [-0.3, -0.25) is 0 Å². The number of aliphatic carboxylic acids is 1. The van der Waals surface area contributed by atoms with Crippen LogP contribution in [0.2, 0.25) is 0 Å². The highest BCUT2D eigenvalue weighted by Crippen LogP contribution is 2.33. The van der Waals surface area contributed by atoms with Crippen molar-refractivity contribution in [1.82, 2.24) is 0 Å². The Labute approximate surface area is 215 Å². The molecule has 1 atom stereocenters. The molecule has 0 radical (unpaired) electrons. The first kappa shape index (κ1) is 27.8. The summed E-state index contributed by atoms with van der Waals surface area (Å²) in [5.74, 6) is -2.93. The molecule has 38 heavy (non-hydrogen) atoms. The minimum absolute atomic E-state index is 0.0390. The number of carbonyl (C=O) groups excluding carboxylic acids is 1. The number of carbonyl (C=O) groups is 2. The van der Waals surface area contributed by atoms with Gasteiger partial charge in [-0.15, -0.1) is 0 Å². The third-order valence-corrected chi connectivity index (χ3v) is 5.08. The average Bonchev–Trinajstić information content (AvgIpc) is 3.20. The molecule has 1 amide bonds. The van der Waals surface area contributed by atoms with Crippen LogP contribution in [-0.2, 0) is 16.1 Å². The zero-order valence-electron chi connectivity index (χ0n) is 20.8. The Kier molecular flexibility index (Phi) is 9.09. The molecule has 1 heterocycles. The quantitative estimate of drug-likeness (QED) is 0.242. The van der Waals surface area contributed by atoms with Gasteiger partial charge < -0.3 is 39.2 Å². The largest absolute Gasteiger partial charge is 0.519 e. The Balaban J connectivity index is 1.75.